The van der Waals surface area contributed by atoms with Crippen LogP contribution < -0.4 is 21.3 Å². The van der Waals surface area contributed by atoms with Gasteiger partial charge in [-0.3, -0.25) is 14.4 Å². The van der Waals surface area contributed by atoms with Crippen molar-refractivity contribution < 1.29 is 29.4 Å². The summed E-state index contributed by atoms with van der Waals surface area (Å²) < 4.78 is 0. The van der Waals surface area contributed by atoms with Crippen LogP contribution in [0, 0.1) is 5.92 Å². The largest absolute Gasteiger partial charge is 0.480 e. The molecule has 1 fully saturated rings. The normalized spacial score (nSPS) is 18.9. The van der Waals surface area contributed by atoms with E-state index in [1.54, 1.807) is 20.0 Å². The summed E-state index contributed by atoms with van der Waals surface area (Å²) in [5.74, 6) is -3.32. The lowest BCUT2D eigenvalue weighted by Crippen LogP contribution is -2.60. The molecule has 5 atom stereocenters. The van der Waals surface area contributed by atoms with E-state index in [0.717, 1.165) is 23.9 Å². The SMILES string of the molecule is CC(C)C(NC(=O)C1CCCN1)C(=O)NC(C(=O)NC(Cc1c[nH]c2ccccc12)C(=O)O)C(C)O. The van der Waals surface area contributed by atoms with Gasteiger partial charge < -0.3 is 36.5 Å². The van der Waals surface area contributed by atoms with Gasteiger partial charge in [-0.15, -0.1) is 0 Å². The van der Waals surface area contributed by atoms with E-state index in [4.69, 9.17) is 0 Å². The highest BCUT2D eigenvalue weighted by Gasteiger charge is 2.34. The monoisotopic (exact) mass is 501 g/mol. The van der Waals surface area contributed by atoms with Crippen LogP contribution in [0.5, 0.6) is 0 Å². The molecule has 0 aliphatic carbocycles. The molecule has 7 N–H and O–H groups in total. The maximum absolute atomic E-state index is 13.0. The third-order valence-electron chi connectivity index (χ3n) is 6.40. The Kier molecular flexibility index (Phi) is 9.05. The van der Waals surface area contributed by atoms with Crippen molar-refractivity contribution in [1.29, 1.82) is 0 Å². The van der Waals surface area contributed by atoms with Crippen molar-refractivity contribution in [2.45, 2.75) is 70.3 Å². The number of hydrogen-bond donors (Lipinski definition) is 7. The third-order valence-corrected chi connectivity index (χ3v) is 6.40. The van der Waals surface area contributed by atoms with Crippen molar-refractivity contribution in [2.24, 2.45) is 5.92 Å². The van der Waals surface area contributed by atoms with Gasteiger partial charge in [0.05, 0.1) is 12.1 Å². The first-order valence-electron chi connectivity index (χ1n) is 12.2. The molecule has 11 nitrogen and oxygen atoms in total. The minimum Gasteiger partial charge on any atom is -0.480 e. The molecule has 0 saturated carbocycles. The fourth-order valence-electron chi connectivity index (χ4n) is 4.33. The van der Waals surface area contributed by atoms with E-state index in [0.29, 0.717) is 12.0 Å². The van der Waals surface area contributed by atoms with Gasteiger partial charge >= 0.3 is 5.97 Å². The molecule has 1 aliphatic rings. The highest BCUT2D eigenvalue weighted by atomic mass is 16.4. The first-order chi connectivity index (χ1) is 17.1. The molecule has 1 saturated heterocycles. The molecule has 36 heavy (non-hydrogen) atoms. The van der Waals surface area contributed by atoms with Gasteiger partial charge in [-0.2, -0.15) is 0 Å². The van der Waals surface area contributed by atoms with Crippen molar-refractivity contribution in [2.75, 3.05) is 6.54 Å². The molecular weight excluding hydrogens is 466 g/mol. The number of aliphatic carboxylic acids is 1. The number of nitrogens with one attached hydrogen (secondary N) is 5. The molecule has 2 heterocycles. The molecule has 1 aromatic carbocycles. The van der Waals surface area contributed by atoms with Crippen LogP contribution in [0.2, 0.25) is 0 Å². The van der Waals surface area contributed by atoms with Crippen LogP contribution in [-0.4, -0.2) is 75.7 Å². The predicted molar refractivity (Wildman–Crippen MR) is 133 cm³/mol. The highest BCUT2D eigenvalue weighted by Crippen LogP contribution is 2.19. The molecular formula is C25H35N5O6. The first kappa shape index (κ1) is 27.2. The molecule has 0 bridgehead atoms. The number of aliphatic hydroxyl groups is 1. The Labute approximate surface area is 209 Å². The Balaban J connectivity index is 1.69. The molecule has 1 aliphatic heterocycles. The highest BCUT2D eigenvalue weighted by molar-refractivity contribution is 5.94. The summed E-state index contributed by atoms with van der Waals surface area (Å²) in [6.07, 6.45) is 1.92. The number of amides is 3. The number of hydrogen-bond acceptors (Lipinski definition) is 6. The average Bonchev–Trinajstić information content (AvgIpc) is 3.50. The van der Waals surface area contributed by atoms with Gasteiger partial charge in [-0.25, -0.2) is 4.79 Å². The van der Waals surface area contributed by atoms with Crippen molar-refractivity contribution in [1.82, 2.24) is 26.3 Å². The first-order valence-corrected chi connectivity index (χ1v) is 12.2. The predicted octanol–water partition coefficient (Wildman–Crippen LogP) is 0.0382. The van der Waals surface area contributed by atoms with E-state index >= 15 is 0 Å². The summed E-state index contributed by atoms with van der Waals surface area (Å²) in [4.78, 5) is 53.5. The summed E-state index contributed by atoms with van der Waals surface area (Å²) in [5.41, 5.74) is 1.55. The average molecular weight is 502 g/mol. The van der Waals surface area contributed by atoms with E-state index in [2.05, 4.69) is 26.3 Å². The second-order valence-corrected chi connectivity index (χ2v) is 9.57. The number of aliphatic hydroxyl groups excluding tert-OH is 1. The van der Waals surface area contributed by atoms with E-state index in [9.17, 15) is 29.4 Å². The van der Waals surface area contributed by atoms with Crippen LogP contribution in [0.25, 0.3) is 10.9 Å². The Morgan fingerprint density at radius 1 is 1.03 bits per heavy atom. The summed E-state index contributed by atoms with van der Waals surface area (Å²) in [5, 5.41) is 31.5. The van der Waals surface area contributed by atoms with Crippen LogP contribution in [0.4, 0.5) is 0 Å². The molecule has 196 valence electrons. The smallest absolute Gasteiger partial charge is 0.326 e. The van der Waals surface area contributed by atoms with Gasteiger partial charge in [0.15, 0.2) is 0 Å². The van der Waals surface area contributed by atoms with Gasteiger partial charge in [0, 0.05) is 23.5 Å². The molecule has 3 rings (SSSR count). The zero-order valence-electron chi connectivity index (χ0n) is 20.7. The number of rotatable bonds is 11. The number of H-pyrrole nitrogens is 1. The lowest BCUT2D eigenvalue weighted by Gasteiger charge is -2.28. The fraction of sp³-hybridized carbons (Fsp3) is 0.520. The quantitative estimate of drug-likeness (QED) is 0.228. The van der Waals surface area contributed by atoms with Crippen LogP contribution in [0.1, 0.15) is 39.2 Å². The second-order valence-electron chi connectivity index (χ2n) is 9.57. The van der Waals surface area contributed by atoms with E-state index in [1.165, 1.54) is 6.92 Å². The molecule has 11 heteroatoms. The number of aromatic nitrogens is 1. The summed E-state index contributed by atoms with van der Waals surface area (Å²) in [6.45, 7) is 5.56. The third kappa shape index (κ3) is 6.61. The fourth-order valence-corrected chi connectivity index (χ4v) is 4.33. The number of carboxylic acids is 1. The van der Waals surface area contributed by atoms with Crippen LogP contribution >= 0.6 is 0 Å². The van der Waals surface area contributed by atoms with Crippen molar-refractivity contribution in [3.8, 4) is 0 Å². The molecule has 0 spiro atoms. The number of benzene rings is 1. The van der Waals surface area contributed by atoms with Crippen molar-refractivity contribution >= 4 is 34.6 Å². The van der Waals surface area contributed by atoms with Crippen LogP contribution in [0.3, 0.4) is 0 Å². The number of carboxylic acid groups (broad SMARTS) is 1. The summed E-state index contributed by atoms with van der Waals surface area (Å²) in [6, 6.07) is 3.38. The maximum Gasteiger partial charge on any atom is 0.326 e. The minimum atomic E-state index is -1.41. The zero-order chi connectivity index (χ0) is 26.4. The topological polar surface area (TPSA) is 173 Å². The molecule has 0 radical (unpaired) electrons. The Bertz CT molecular complexity index is 1090. The van der Waals surface area contributed by atoms with Crippen LogP contribution in [0.15, 0.2) is 30.5 Å². The molecule has 5 unspecified atom stereocenters. The van der Waals surface area contributed by atoms with Gasteiger partial charge in [-0.05, 0) is 43.9 Å². The number of carbonyl (C=O) groups excluding carboxylic acids is 3. The lowest BCUT2D eigenvalue weighted by atomic mass is 10.0. The van der Waals surface area contributed by atoms with Gasteiger partial charge in [0.1, 0.15) is 18.1 Å². The zero-order valence-corrected chi connectivity index (χ0v) is 20.7. The second kappa shape index (κ2) is 12.0. The van der Waals surface area contributed by atoms with Crippen molar-refractivity contribution in [3.05, 3.63) is 36.0 Å². The van der Waals surface area contributed by atoms with Gasteiger partial charge in [-0.1, -0.05) is 32.0 Å². The van der Waals surface area contributed by atoms with Crippen molar-refractivity contribution in [3.63, 3.8) is 0 Å². The van der Waals surface area contributed by atoms with E-state index in [1.807, 2.05) is 24.3 Å². The minimum absolute atomic E-state index is 0.00459. The molecule has 3 amide bonds. The summed E-state index contributed by atoms with van der Waals surface area (Å²) >= 11 is 0. The Hall–Kier alpha value is -3.44. The molecule has 1 aromatic heterocycles. The Morgan fingerprint density at radius 3 is 2.33 bits per heavy atom. The number of aromatic amines is 1. The summed E-state index contributed by atoms with van der Waals surface area (Å²) in [7, 11) is 0. The standard InChI is InChI=1S/C25H35N5O6/c1-13(2)20(29-22(32)18-9-6-10-26-18)23(33)30-21(14(3)31)24(34)28-19(25(35)36)11-15-12-27-17-8-5-4-7-16(15)17/h4-5,7-8,12-14,18-21,26-27,31H,6,9-11H2,1-3H3,(H,28,34)(H,29,32)(H,30,33)(H,35,36). The van der Waals surface area contributed by atoms with E-state index in [-0.39, 0.29) is 24.3 Å². The maximum atomic E-state index is 13.0. The number of para-hydroxylation sites is 1. The van der Waals surface area contributed by atoms with Gasteiger partial charge in [0.2, 0.25) is 17.7 Å². The molecule has 2 aromatic rings. The Morgan fingerprint density at radius 2 is 1.72 bits per heavy atom. The number of carbonyl (C=O) groups is 4. The van der Waals surface area contributed by atoms with E-state index < -0.39 is 42.0 Å². The number of fused-ring (bicyclic) bond motifs is 1. The van der Waals surface area contributed by atoms with Crippen LogP contribution in [-0.2, 0) is 25.6 Å². The van der Waals surface area contributed by atoms with Gasteiger partial charge in [0.25, 0.3) is 0 Å². The lowest BCUT2D eigenvalue weighted by molar-refractivity contribution is -0.143.